The lowest BCUT2D eigenvalue weighted by Crippen LogP contribution is -2.28. The zero-order chi connectivity index (χ0) is 16.8. The third-order valence-corrected chi connectivity index (χ3v) is 4.11. The number of hydrogen-bond donors (Lipinski definition) is 1. The van der Waals surface area contributed by atoms with Crippen LogP contribution in [0.4, 0.5) is 11.5 Å². The third-order valence-electron chi connectivity index (χ3n) is 3.29. The maximum atomic E-state index is 12.2. The van der Waals surface area contributed by atoms with Gasteiger partial charge in [-0.25, -0.2) is 0 Å². The van der Waals surface area contributed by atoms with Gasteiger partial charge in [0.15, 0.2) is 11.5 Å². The smallest absolute Gasteiger partial charge is 0.274 e. The second-order valence-corrected chi connectivity index (χ2v) is 5.90. The van der Waals surface area contributed by atoms with Gasteiger partial charge in [-0.3, -0.25) is 4.79 Å². The van der Waals surface area contributed by atoms with Crippen LogP contribution in [0.3, 0.4) is 0 Å². The van der Waals surface area contributed by atoms with Gasteiger partial charge >= 0.3 is 0 Å². The van der Waals surface area contributed by atoms with Crippen LogP contribution in [0.2, 0.25) is 10.0 Å². The van der Waals surface area contributed by atoms with Crippen molar-refractivity contribution in [2.45, 2.75) is 19.8 Å². The molecule has 0 aliphatic carbocycles. The molecule has 0 bridgehead atoms. The number of carbonyl (C=O) groups is 1. The fraction of sp³-hybridized carbons (Fsp3) is 0.312. The molecule has 0 spiro atoms. The standard InChI is InChI=1S/C16H18Cl2N4O/c1-3-4-10-22(2)16(23)13-8-9-14(21-20-13)19-12-7-5-6-11(17)15(12)18/h5-9H,3-4,10H2,1-2H3,(H,19,21). The molecule has 1 amide bonds. The molecule has 2 aromatic rings. The first-order chi connectivity index (χ1) is 11.0. The molecule has 0 unspecified atom stereocenters. The molecule has 0 aliphatic rings. The largest absolute Gasteiger partial charge is 0.340 e. The highest BCUT2D eigenvalue weighted by molar-refractivity contribution is 6.43. The number of amides is 1. The highest BCUT2D eigenvalue weighted by atomic mass is 35.5. The van der Waals surface area contributed by atoms with Crippen molar-refractivity contribution in [2.24, 2.45) is 0 Å². The Kier molecular flexibility index (Phi) is 6.19. The highest BCUT2D eigenvalue weighted by Crippen LogP contribution is 2.31. The quantitative estimate of drug-likeness (QED) is 0.836. The maximum Gasteiger partial charge on any atom is 0.274 e. The minimum absolute atomic E-state index is 0.140. The fourth-order valence-corrected chi connectivity index (χ4v) is 2.29. The van der Waals surface area contributed by atoms with Gasteiger partial charge in [0.05, 0.1) is 15.7 Å². The Labute approximate surface area is 145 Å². The number of rotatable bonds is 6. The first-order valence-electron chi connectivity index (χ1n) is 7.33. The van der Waals surface area contributed by atoms with E-state index in [1.54, 1.807) is 42.3 Å². The highest BCUT2D eigenvalue weighted by Gasteiger charge is 2.13. The lowest BCUT2D eigenvalue weighted by molar-refractivity contribution is 0.0786. The van der Waals surface area contributed by atoms with Crippen molar-refractivity contribution in [3.05, 3.63) is 46.1 Å². The second-order valence-electron chi connectivity index (χ2n) is 5.11. The summed E-state index contributed by atoms with van der Waals surface area (Å²) in [5.74, 6) is 0.347. The van der Waals surface area contributed by atoms with Crippen molar-refractivity contribution in [1.29, 1.82) is 0 Å². The summed E-state index contributed by atoms with van der Waals surface area (Å²) >= 11 is 12.1. The van der Waals surface area contributed by atoms with E-state index >= 15 is 0 Å². The number of unbranched alkanes of at least 4 members (excludes halogenated alkanes) is 1. The molecule has 5 nitrogen and oxygen atoms in total. The second kappa shape index (κ2) is 8.13. The lowest BCUT2D eigenvalue weighted by Gasteiger charge is -2.15. The zero-order valence-electron chi connectivity index (χ0n) is 13.0. The van der Waals surface area contributed by atoms with Crippen molar-refractivity contribution in [3.63, 3.8) is 0 Å². The Morgan fingerprint density at radius 2 is 2.00 bits per heavy atom. The summed E-state index contributed by atoms with van der Waals surface area (Å²) in [7, 11) is 1.76. The Morgan fingerprint density at radius 1 is 1.22 bits per heavy atom. The van der Waals surface area contributed by atoms with E-state index in [2.05, 4.69) is 22.4 Å². The van der Waals surface area contributed by atoms with Crippen molar-refractivity contribution < 1.29 is 4.79 Å². The van der Waals surface area contributed by atoms with Crippen LogP contribution < -0.4 is 5.32 Å². The van der Waals surface area contributed by atoms with Gasteiger partial charge in [0.2, 0.25) is 0 Å². The zero-order valence-corrected chi connectivity index (χ0v) is 14.5. The van der Waals surface area contributed by atoms with Crippen LogP contribution in [0.1, 0.15) is 30.3 Å². The number of hydrogen-bond acceptors (Lipinski definition) is 4. The molecule has 0 aliphatic heterocycles. The first kappa shape index (κ1) is 17.5. The molecule has 0 saturated heterocycles. The Bertz CT molecular complexity index is 676. The Hall–Kier alpha value is -1.85. The molecule has 0 fully saturated rings. The van der Waals surface area contributed by atoms with E-state index in [1.165, 1.54) is 0 Å². The molecule has 7 heteroatoms. The van der Waals surface area contributed by atoms with Crippen LogP contribution >= 0.6 is 23.2 Å². The SMILES string of the molecule is CCCCN(C)C(=O)c1ccc(Nc2cccc(Cl)c2Cl)nn1. The van der Waals surface area contributed by atoms with Gasteiger partial charge < -0.3 is 10.2 Å². The van der Waals surface area contributed by atoms with E-state index in [0.29, 0.717) is 33.8 Å². The lowest BCUT2D eigenvalue weighted by atomic mass is 10.3. The molecule has 1 aromatic heterocycles. The van der Waals surface area contributed by atoms with Crippen LogP contribution in [0.5, 0.6) is 0 Å². The normalized spacial score (nSPS) is 10.4. The predicted octanol–water partition coefficient (Wildman–Crippen LogP) is 4.40. The topological polar surface area (TPSA) is 58.1 Å². The molecule has 23 heavy (non-hydrogen) atoms. The molecule has 122 valence electrons. The molecular formula is C16H18Cl2N4O. The van der Waals surface area contributed by atoms with Gasteiger partial charge in [0.1, 0.15) is 0 Å². The summed E-state index contributed by atoms with van der Waals surface area (Å²) in [4.78, 5) is 13.8. The van der Waals surface area contributed by atoms with Crippen molar-refractivity contribution in [2.75, 3.05) is 18.9 Å². The summed E-state index contributed by atoms with van der Waals surface area (Å²) in [5.41, 5.74) is 0.943. The third kappa shape index (κ3) is 4.56. The molecule has 0 atom stereocenters. The maximum absolute atomic E-state index is 12.2. The first-order valence-corrected chi connectivity index (χ1v) is 8.08. The summed E-state index contributed by atoms with van der Waals surface area (Å²) in [5, 5.41) is 11.9. The van der Waals surface area contributed by atoms with Gasteiger partial charge in [-0.05, 0) is 30.7 Å². The van der Waals surface area contributed by atoms with E-state index in [1.807, 2.05) is 0 Å². The van der Waals surface area contributed by atoms with Crippen molar-refractivity contribution >= 4 is 40.6 Å². The molecule has 0 saturated carbocycles. The average Bonchev–Trinajstić information content (AvgIpc) is 2.57. The summed E-state index contributed by atoms with van der Waals surface area (Å²) in [6.07, 6.45) is 2.00. The number of benzene rings is 1. The minimum Gasteiger partial charge on any atom is -0.340 e. The Morgan fingerprint density at radius 3 is 2.65 bits per heavy atom. The van der Waals surface area contributed by atoms with Gasteiger partial charge in [0, 0.05) is 13.6 Å². The van der Waals surface area contributed by atoms with Crippen LogP contribution in [0.25, 0.3) is 0 Å². The van der Waals surface area contributed by atoms with E-state index in [4.69, 9.17) is 23.2 Å². The molecule has 1 heterocycles. The number of aromatic nitrogens is 2. The number of carbonyl (C=O) groups excluding carboxylic acids is 1. The average molecular weight is 353 g/mol. The van der Waals surface area contributed by atoms with Gasteiger partial charge in [-0.1, -0.05) is 42.6 Å². The van der Waals surface area contributed by atoms with Crippen LogP contribution in [0.15, 0.2) is 30.3 Å². The molecule has 2 rings (SSSR count). The minimum atomic E-state index is -0.140. The van der Waals surface area contributed by atoms with Crippen LogP contribution in [-0.4, -0.2) is 34.6 Å². The molecule has 0 radical (unpaired) electrons. The van der Waals surface area contributed by atoms with Gasteiger partial charge in [0.25, 0.3) is 5.91 Å². The predicted molar refractivity (Wildman–Crippen MR) is 93.6 cm³/mol. The number of nitrogens with one attached hydrogen (secondary N) is 1. The summed E-state index contributed by atoms with van der Waals surface area (Å²) in [6, 6.07) is 8.59. The van der Waals surface area contributed by atoms with Gasteiger partial charge in [-0.2, -0.15) is 0 Å². The van der Waals surface area contributed by atoms with Gasteiger partial charge in [-0.15, -0.1) is 10.2 Å². The molecule has 1 aromatic carbocycles. The monoisotopic (exact) mass is 352 g/mol. The van der Waals surface area contributed by atoms with Crippen LogP contribution in [-0.2, 0) is 0 Å². The number of nitrogens with zero attached hydrogens (tertiary/aromatic N) is 3. The van der Waals surface area contributed by atoms with E-state index in [-0.39, 0.29) is 5.91 Å². The fourth-order valence-electron chi connectivity index (χ4n) is 1.94. The molecular weight excluding hydrogens is 335 g/mol. The van der Waals surface area contributed by atoms with E-state index in [9.17, 15) is 4.79 Å². The van der Waals surface area contributed by atoms with Crippen molar-refractivity contribution in [1.82, 2.24) is 15.1 Å². The van der Waals surface area contributed by atoms with E-state index in [0.717, 1.165) is 12.8 Å². The summed E-state index contributed by atoms with van der Waals surface area (Å²) in [6.45, 7) is 2.79. The number of halogens is 2. The summed E-state index contributed by atoms with van der Waals surface area (Å²) < 4.78 is 0. The molecule has 1 N–H and O–H groups in total. The van der Waals surface area contributed by atoms with E-state index < -0.39 is 0 Å². The van der Waals surface area contributed by atoms with Crippen molar-refractivity contribution in [3.8, 4) is 0 Å². The number of anilines is 2. The Balaban J connectivity index is 2.07. The van der Waals surface area contributed by atoms with Crippen LogP contribution in [0, 0.1) is 0 Å².